The average molecular weight is 604 g/mol. The molecule has 0 fully saturated rings. The highest BCUT2D eigenvalue weighted by atomic mass is 16.5. The fourth-order valence-corrected chi connectivity index (χ4v) is 5.81. The van der Waals surface area contributed by atoms with Crippen molar-refractivity contribution in [3.63, 3.8) is 0 Å². The number of ether oxygens (including phenoxy) is 1. The van der Waals surface area contributed by atoms with Gasteiger partial charge in [0, 0.05) is 42.4 Å². The van der Waals surface area contributed by atoms with Gasteiger partial charge in [0.2, 0.25) is 5.91 Å². The van der Waals surface area contributed by atoms with E-state index in [1.165, 1.54) is 4.90 Å². The van der Waals surface area contributed by atoms with Gasteiger partial charge in [0.05, 0.1) is 17.9 Å². The maximum absolute atomic E-state index is 13.9. The number of carbonyl (C=O) groups is 3. The number of hydrogen-bond donors (Lipinski definition) is 3. The summed E-state index contributed by atoms with van der Waals surface area (Å²) in [6, 6.07) is 28.7. The summed E-state index contributed by atoms with van der Waals surface area (Å²) in [7, 11) is 0. The van der Waals surface area contributed by atoms with E-state index in [9.17, 15) is 24.6 Å². The molecule has 0 spiro atoms. The van der Waals surface area contributed by atoms with Crippen LogP contribution in [-0.4, -0.2) is 46.0 Å². The monoisotopic (exact) mass is 603 g/mol. The van der Waals surface area contributed by atoms with Crippen LogP contribution >= 0.6 is 0 Å². The molecule has 2 aliphatic heterocycles. The second kappa shape index (κ2) is 12.4. The van der Waals surface area contributed by atoms with Gasteiger partial charge < -0.3 is 25.2 Å². The van der Waals surface area contributed by atoms with Crippen LogP contribution < -0.4 is 15.0 Å². The zero-order valence-electron chi connectivity index (χ0n) is 24.7. The normalized spacial score (nSPS) is 17.5. The van der Waals surface area contributed by atoms with Gasteiger partial charge in [-0.25, -0.2) is 0 Å². The number of aliphatic hydroxyl groups excluding tert-OH is 1. The summed E-state index contributed by atoms with van der Waals surface area (Å²) in [5.74, 6) is -0.905. The van der Waals surface area contributed by atoms with Crippen molar-refractivity contribution in [2.75, 3.05) is 23.4 Å². The lowest BCUT2D eigenvalue weighted by atomic mass is 9.82. The lowest BCUT2D eigenvalue weighted by molar-refractivity contribution is -0.137. The van der Waals surface area contributed by atoms with Crippen molar-refractivity contribution < 1.29 is 29.3 Å². The van der Waals surface area contributed by atoms with E-state index in [1.807, 2.05) is 42.5 Å². The van der Waals surface area contributed by atoms with E-state index in [0.29, 0.717) is 46.2 Å². The topological polar surface area (TPSA) is 119 Å². The number of aliphatic hydroxyl groups is 2. The van der Waals surface area contributed by atoms with Crippen molar-refractivity contribution in [3.8, 4) is 11.5 Å². The molecule has 0 aliphatic carbocycles. The average Bonchev–Trinajstić information content (AvgIpc) is 3.23. The molecule has 4 aromatic rings. The van der Waals surface area contributed by atoms with Gasteiger partial charge in [0.25, 0.3) is 11.8 Å². The molecule has 2 heterocycles. The molecular formula is C36H33N3O6. The number of carbonyl (C=O) groups excluding carboxylic acids is 3. The standard InChI is InChI=1S/C36H33N3O6/c1-24(10-9-17-33(41)38(20-21-40)23-25-11-3-2-4-12-25)36(44)28-22-26(18-19-29(28)37-35(36)43)39-30-14-6-8-16-32(30)45-31-15-7-5-13-27(31)34(39)42/h2-16,18-19,22,24,40,44H,17,20-21,23H2,1H3,(H,37,43)/b10-9+/t24-,36+/m0/s1. The van der Waals surface area contributed by atoms with Gasteiger partial charge in [-0.2, -0.15) is 0 Å². The number of benzene rings is 4. The first kappa shape index (κ1) is 29.8. The summed E-state index contributed by atoms with van der Waals surface area (Å²) in [4.78, 5) is 43.3. The zero-order chi connectivity index (χ0) is 31.6. The zero-order valence-corrected chi connectivity index (χ0v) is 24.7. The molecule has 228 valence electrons. The van der Waals surface area contributed by atoms with Gasteiger partial charge in [-0.05, 0) is 48.0 Å². The second-order valence-corrected chi connectivity index (χ2v) is 11.1. The van der Waals surface area contributed by atoms with Gasteiger partial charge in [0.15, 0.2) is 11.4 Å². The van der Waals surface area contributed by atoms with Gasteiger partial charge >= 0.3 is 0 Å². The first-order valence-electron chi connectivity index (χ1n) is 14.8. The Bertz CT molecular complexity index is 1790. The third-order valence-electron chi connectivity index (χ3n) is 8.23. The molecule has 2 atom stereocenters. The molecule has 0 unspecified atom stereocenters. The van der Waals surface area contributed by atoms with E-state index in [0.717, 1.165) is 5.56 Å². The minimum absolute atomic E-state index is 0.0280. The number of rotatable bonds is 9. The molecule has 3 amide bonds. The molecule has 6 rings (SSSR count). The minimum Gasteiger partial charge on any atom is -0.454 e. The Labute approximate surface area is 261 Å². The van der Waals surface area contributed by atoms with Crippen LogP contribution in [0, 0.1) is 5.92 Å². The lowest BCUT2D eigenvalue weighted by Crippen LogP contribution is -2.40. The Hall–Kier alpha value is -5.25. The van der Waals surface area contributed by atoms with Crippen molar-refractivity contribution in [2.45, 2.75) is 25.5 Å². The van der Waals surface area contributed by atoms with Crippen LogP contribution in [0.25, 0.3) is 0 Å². The van der Waals surface area contributed by atoms with Crippen LogP contribution in [0.5, 0.6) is 11.5 Å². The van der Waals surface area contributed by atoms with Crippen LogP contribution in [0.15, 0.2) is 109 Å². The third kappa shape index (κ3) is 5.59. The summed E-state index contributed by atoms with van der Waals surface area (Å²) < 4.78 is 6.11. The predicted octanol–water partition coefficient (Wildman–Crippen LogP) is 5.51. The number of nitrogens with one attached hydrogen (secondary N) is 1. The van der Waals surface area contributed by atoms with Gasteiger partial charge in [0.1, 0.15) is 5.75 Å². The third-order valence-corrected chi connectivity index (χ3v) is 8.23. The molecule has 4 aromatic carbocycles. The first-order valence-corrected chi connectivity index (χ1v) is 14.8. The maximum Gasteiger partial charge on any atom is 0.266 e. The summed E-state index contributed by atoms with van der Waals surface area (Å²) in [5, 5.41) is 24.2. The fourth-order valence-electron chi connectivity index (χ4n) is 5.81. The lowest BCUT2D eigenvalue weighted by Gasteiger charge is -2.28. The maximum atomic E-state index is 13.9. The van der Waals surface area contributed by atoms with Crippen molar-refractivity contribution in [1.29, 1.82) is 0 Å². The summed E-state index contributed by atoms with van der Waals surface area (Å²) in [6.07, 6.45) is 3.31. The number of amides is 3. The van der Waals surface area contributed by atoms with Crippen LogP contribution in [0.3, 0.4) is 0 Å². The fraction of sp³-hybridized carbons (Fsp3) is 0.194. The van der Waals surface area contributed by atoms with Gasteiger partial charge in [-0.15, -0.1) is 0 Å². The second-order valence-electron chi connectivity index (χ2n) is 11.1. The molecule has 0 radical (unpaired) electrons. The molecule has 9 heteroatoms. The van der Waals surface area contributed by atoms with Crippen molar-refractivity contribution in [2.24, 2.45) is 5.92 Å². The Kier molecular flexibility index (Phi) is 8.21. The van der Waals surface area contributed by atoms with E-state index in [1.54, 1.807) is 78.6 Å². The van der Waals surface area contributed by atoms with E-state index in [4.69, 9.17) is 4.74 Å². The van der Waals surface area contributed by atoms with Crippen LogP contribution in [0.4, 0.5) is 17.1 Å². The van der Waals surface area contributed by atoms with Crippen molar-refractivity contribution in [3.05, 3.63) is 126 Å². The Morgan fingerprint density at radius 2 is 1.69 bits per heavy atom. The molecule has 0 aromatic heterocycles. The highest BCUT2D eigenvalue weighted by Crippen LogP contribution is 2.47. The molecule has 45 heavy (non-hydrogen) atoms. The van der Waals surface area contributed by atoms with Gasteiger partial charge in [-0.1, -0.05) is 73.7 Å². The Balaban J connectivity index is 1.27. The van der Waals surface area contributed by atoms with Crippen molar-refractivity contribution >= 4 is 34.8 Å². The minimum atomic E-state index is -1.96. The number of hydrogen-bond acceptors (Lipinski definition) is 6. The molecular weight excluding hydrogens is 570 g/mol. The van der Waals surface area contributed by atoms with Crippen LogP contribution in [-0.2, 0) is 21.7 Å². The molecule has 9 nitrogen and oxygen atoms in total. The quantitative estimate of drug-likeness (QED) is 0.217. The Morgan fingerprint density at radius 3 is 2.47 bits per heavy atom. The van der Waals surface area contributed by atoms with Crippen LogP contribution in [0.1, 0.15) is 34.8 Å². The van der Waals surface area contributed by atoms with E-state index < -0.39 is 17.4 Å². The largest absolute Gasteiger partial charge is 0.454 e. The highest BCUT2D eigenvalue weighted by Gasteiger charge is 2.49. The van der Waals surface area contributed by atoms with Crippen LogP contribution in [0.2, 0.25) is 0 Å². The molecule has 0 saturated carbocycles. The van der Waals surface area contributed by atoms with Gasteiger partial charge in [-0.3, -0.25) is 19.3 Å². The summed E-state index contributed by atoms with van der Waals surface area (Å²) in [6.45, 7) is 2.08. The Morgan fingerprint density at radius 1 is 0.978 bits per heavy atom. The number of fused-ring (bicyclic) bond motifs is 3. The smallest absolute Gasteiger partial charge is 0.266 e. The molecule has 0 bridgehead atoms. The first-order chi connectivity index (χ1) is 21.8. The molecule has 2 aliphatic rings. The van der Waals surface area contributed by atoms with Crippen molar-refractivity contribution in [1.82, 2.24) is 4.90 Å². The number of anilines is 3. The summed E-state index contributed by atoms with van der Waals surface area (Å²) in [5.41, 5.74) is 1.10. The molecule has 3 N–H and O–H groups in total. The predicted molar refractivity (Wildman–Crippen MR) is 170 cm³/mol. The SMILES string of the molecule is C[C@@H](/C=C/CC(=O)N(CCO)Cc1ccccc1)[C@]1(O)C(=O)Nc2ccc(N3C(=O)c4ccccc4Oc4ccccc43)cc21. The molecule has 0 saturated heterocycles. The van der Waals surface area contributed by atoms with E-state index in [-0.39, 0.29) is 31.4 Å². The number of nitrogens with zero attached hydrogens (tertiary/aromatic N) is 2. The number of para-hydroxylation sites is 3. The summed E-state index contributed by atoms with van der Waals surface area (Å²) >= 11 is 0. The van der Waals surface area contributed by atoms with E-state index >= 15 is 0 Å². The highest BCUT2D eigenvalue weighted by molar-refractivity contribution is 6.14. The van der Waals surface area contributed by atoms with E-state index in [2.05, 4.69) is 5.32 Å².